The Labute approximate surface area is 108 Å². The van der Waals surface area contributed by atoms with E-state index in [-0.39, 0.29) is 11.8 Å². The molecule has 1 aromatic rings. The molecular formula is C15H21NO2. The third-order valence-electron chi connectivity index (χ3n) is 3.82. The zero-order chi connectivity index (χ0) is 13.3. The molecule has 0 aromatic heterocycles. The van der Waals surface area contributed by atoms with Gasteiger partial charge in [-0.2, -0.15) is 0 Å². The Morgan fingerprint density at radius 2 is 1.89 bits per heavy atom. The highest BCUT2D eigenvalue weighted by atomic mass is 16.4. The fourth-order valence-electron chi connectivity index (χ4n) is 2.60. The minimum Gasteiger partial charge on any atom is -0.481 e. The van der Waals surface area contributed by atoms with E-state index >= 15 is 0 Å². The van der Waals surface area contributed by atoms with E-state index in [1.54, 1.807) is 0 Å². The van der Waals surface area contributed by atoms with Crippen LogP contribution in [0.25, 0.3) is 0 Å². The first-order valence-corrected chi connectivity index (χ1v) is 6.39. The Morgan fingerprint density at radius 3 is 2.33 bits per heavy atom. The fourth-order valence-corrected chi connectivity index (χ4v) is 2.60. The molecule has 1 aliphatic rings. The molecule has 0 unspecified atom stereocenters. The van der Waals surface area contributed by atoms with Crippen molar-refractivity contribution in [2.45, 2.75) is 31.6 Å². The Bertz CT molecular complexity index is 430. The lowest BCUT2D eigenvalue weighted by molar-refractivity contribution is -0.138. The molecule has 98 valence electrons. The molecule has 0 radical (unpaired) electrons. The summed E-state index contributed by atoms with van der Waals surface area (Å²) in [5.41, 5.74) is 2.16. The monoisotopic (exact) mass is 247 g/mol. The molecule has 0 aliphatic carbocycles. The number of carbonyl (C=O) groups is 1. The summed E-state index contributed by atoms with van der Waals surface area (Å²) in [7, 11) is 2.13. The highest BCUT2D eigenvalue weighted by molar-refractivity contribution is 5.68. The number of carboxylic acid groups (broad SMARTS) is 1. The summed E-state index contributed by atoms with van der Waals surface area (Å²) in [5, 5.41) is 8.92. The van der Waals surface area contributed by atoms with Gasteiger partial charge in [0.2, 0.25) is 0 Å². The van der Waals surface area contributed by atoms with Gasteiger partial charge in [-0.3, -0.25) is 4.79 Å². The molecule has 18 heavy (non-hydrogen) atoms. The Balaban J connectivity index is 2.09. The lowest BCUT2D eigenvalue weighted by atomic mass is 9.80. The average Bonchev–Trinajstić information content (AvgIpc) is 2.23. The molecule has 1 heterocycles. The van der Waals surface area contributed by atoms with Crippen LogP contribution in [-0.2, 0) is 10.2 Å². The SMILES string of the molecule is CN1CC(c2ccc(C(C)(C)CC(=O)O)cc2)C1. The maximum absolute atomic E-state index is 10.8. The van der Waals surface area contributed by atoms with E-state index in [1.807, 2.05) is 13.8 Å². The summed E-state index contributed by atoms with van der Waals surface area (Å²) in [6, 6.07) is 8.46. The first kappa shape index (κ1) is 13.1. The third-order valence-corrected chi connectivity index (χ3v) is 3.82. The minimum absolute atomic E-state index is 0.165. The van der Waals surface area contributed by atoms with E-state index in [0.717, 1.165) is 18.7 Å². The zero-order valence-electron chi connectivity index (χ0n) is 11.3. The van der Waals surface area contributed by atoms with E-state index in [0.29, 0.717) is 5.92 Å². The van der Waals surface area contributed by atoms with Gasteiger partial charge < -0.3 is 10.0 Å². The van der Waals surface area contributed by atoms with Crippen LogP contribution in [0.15, 0.2) is 24.3 Å². The van der Waals surface area contributed by atoms with Gasteiger partial charge in [0.15, 0.2) is 0 Å². The van der Waals surface area contributed by atoms with Crippen LogP contribution in [0.4, 0.5) is 0 Å². The van der Waals surface area contributed by atoms with Crippen molar-refractivity contribution in [2.24, 2.45) is 0 Å². The van der Waals surface area contributed by atoms with Gasteiger partial charge in [0.1, 0.15) is 0 Å². The summed E-state index contributed by atoms with van der Waals surface area (Å²) >= 11 is 0. The molecule has 0 saturated carbocycles. The van der Waals surface area contributed by atoms with E-state index < -0.39 is 5.97 Å². The summed E-state index contributed by atoms with van der Waals surface area (Å²) in [6.45, 7) is 6.20. The number of rotatable bonds is 4. The topological polar surface area (TPSA) is 40.5 Å². The number of hydrogen-bond acceptors (Lipinski definition) is 2. The molecule has 2 rings (SSSR count). The van der Waals surface area contributed by atoms with Gasteiger partial charge in [0.05, 0.1) is 6.42 Å². The van der Waals surface area contributed by atoms with Crippen LogP contribution in [0.1, 0.15) is 37.3 Å². The zero-order valence-corrected chi connectivity index (χ0v) is 11.3. The van der Waals surface area contributed by atoms with Crippen LogP contribution in [0.5, 0.6) is 0 Å². The smallest absolute Gasteiger partial charge is 0.304 e. The van der Waals surface area contributed by atoms with E-state index in [4.69, 9.17) is 5.11 Å². The molecule has 1 N–H and O–H groups in total. The molecule has 0 spiro atoms. The molecular weight excluding hydrogens is 226 g/mol. The summed E-state index contributed by atoms with van der Waals surface area (Å²) in [6.07, 6.45) is 0.165. The maximum Gasteiger partial charge on any atom is 0.304 e. The van der Waals surface area contributed by atoms with Crippen LogP contribution in [0, 0.1) is 0 Å². The van der Waals surface area contributed by atoms with Crippen molar-refractivity contribution in [3.8, 4) is 0 Å². The van der Waals surface area contributed by atoms with Gasteiger partial charge >= 0.3 is 5.97 Å². The second kappa shape index (κ2) is 4.73. The summed E-state index contributed by atoms with van der Waals surface area (Å²) in [4.78, 5) is 13.1. The molecule has 1 aromatic carbocycles. The van der Waals surface area contributed by atoms with Crippen LogP contribution in [-0.4, -0.2) is 36.1 Å². The Hall–Kier alpha value is -1.35. The van der Waals surface area contributed by atoms with Crippen LogP contribution >= 0.6 is 0 Å². The molecule has 3 heteroatoms. The fraction of sp³-hybridized carbons (Fsp3) is 0.533. The number of aliphatic carboxylic acids is 1. The molecule has 0 bridgehead atoms. The largest absolute Gasteiger partial charge is 0.481 e. The molecule has 3 nitrogen and oxygen atoms in total. The molecule has 1 saturated heterocycles. The number of benzene rings is 1. The van der Waals surface area contributed by atoms with Gasteiger partial charge in [-0.1, -0.05) is 38.1 Å². The number of likely N-dealkylation sites (tertiary alicyclic amines) is 1. The van der Waals surface area contributed by atoms with Crippen molar-refractivity contribution < 1.29 is 9.90 Å². The third kappa shape index (κ3) is 2.72. The summed E-state index contributed by atoms with van der Waals surface area (Å²) < 4.78 is 0. The molecule has 1 aliphatic heterocycles. The average molecular weight is 247 g/mol. The standard InChI is InChI=1S/C15H21NO2/c1-15(2,8-14(17)18)13-6-4-11(5-7-13)12-9-16(3)10-12/h4-7,12H,8-10H2,1-3H3,(H,17,18). The number of carboxylic acids is 1. The number of hydrogen-bond donors (Lipinski definition) is 1. The van der Waals surface area contributed by atoms with E-state index in [1.165, 1.54) is 5.56 Å². The quantitative estimate of drug-likeness (QED) is 0.888. The second-order valence-electron chi connectivity index (χ2n) is 5.99. The van der Waals surface area contributed by atoms with E-state index in [9.17, 15) is 4.79 Å². The van der Waals surface area contributed by atoms with Gasteiger partial charge in [-0.15, -0.1) is 0 Å². The second-order valence-corrected chi connectivity index (χ2v) is 5.99. The van der Waals surface area contributed by atoms with E-state index in [2.05, 4.69) is 36.2 Å². The van der Waals surface area contributed by atoms with Crippen LogP contribution in [0.3, 0.4) is 0 Å². The highest BCUT2D eigenvalue weighted by Crippen LogP contribution is 2.30. The number of nitrogens with zero attached hydrogens (tertiary/aromatic N) is 1. The van der Waals surface area contributed by atoms with Gasteiger partial charge in [0.25, 0.3) is 0 Å². The first-order valence-electron chi connectivity index (χ1n) is 6.39. The summed E-state index contributed by atoms with van der Waals surface area (Å²) in [5.74, 6) is -0.101. The first-order chi connectivity index (χ1) is 8.38. The van der Waals surface area contributed by atoms with Crippen molar-refractivity contribution in [1.82, 2.24) is 4.90 Å². The molecule has 0 amide bonds. The van der Waals surface area contributed by atoms with Crippen molar-refractivity contribution >= 4 is 5.97 Å². The predicted octanol–water partition coefficient (Wildman–Crippen LogP) is 2.47. The molecule has 0 atom stereocenters. The van der Waals surface area contributed by atoms with Crippen molar-refractivity contribution in [2.75, 3.05) is 20.1 Å². The predicted molar refractivity (Wildman–Crippen MR) is 72.0 cm³/mol. The lowest BCUT2D eigenvalue weighted by Gasteiger charge is -2.36. The normalized spacial score (nSPS) is 17.5. The van der Waals surface area contributed by atoms with Crippen molar-refractivity contribution in [3.63, 3.8) is 0 Å². The minimum atomic E-state index is -0.746. The Morgan fingerprint density at radius 1 is 1.33 bits per heavy atom. The van der Waals surface area contributed by atoms with Crippen LogP contribution in [0.2, 0.25) is 0 Å². The van der Waals surface area contributed by atoms with Gasteiger partial charge in [-0.25, -0.2) is 0 Å². The van der Waals surface area contributed by atoms with Gasteiger partial charge in [0, 0.05) is 24.4 Å². The van der Waals surface area contributed by atoms with Gasteiger partial charge in [-0.05, 0) is 18.2 Å². The highest BCUT2D eigenvalue weighted by Gasteiger charge is 2.27. The molecule has 1 fully saturated rings. The Kier molecular flexibility index (Phi) is 3.44. The van der Waals surface area contributed by atoms with Crippen molar-refractivity contribution in [1.29, 1.82) is 0 Å². The van der Waals surface area contributed by atoms with Crippen molar-refractivity contribution in [3.05, 3.63) is 35.4 Å². The number of likely N-dealkylation sites (N-methyl/N-ethyl adjacent to an activating group) is 1. The van der Waals surface area contributed by atoms with Crippen LogP contribution < -0.4 is 0 Å². The maximum atomic E-state index is 10.8. The lowest BCUT2D eigenvalue weighted by Crippen LogP contribution is -2.41.